The summed E-state index contributed by atoms with van der Waals surface area (Å²) < 4.78 is 0. The topological polar surface area (TPSA) is 65.2 Å². The third-order valence-electron chi connectivity index (χ3n) is 2.19. The van der Waals surface area contributed by atoms with Gasteiger partial charge in [0.25, 0.3) is 0 Å². The molecule has 0 radical (unpaired) electrons. The van der Waals surface area contributed by atoms with Crippen LogP contribution in [-0.2, 0) is 0 Å². The molecule has 0 saturated carbocycles. The molecule has 0 saturated heterocycles. The highest BCUT2D eigenvalue weighted by molar-refractivity contribution is 6.19. The summed E-state index contributed by atoms with van der Waals surface area (Å²) in [5, 5.41) is 20.4. The van der Waals surface area contributed by atoms with Gasteiger partial charge in [0.2, 0.25) is 0 Å². The van der Waals surface area contributed by atoms with E-state index in [0.717, 1.165) is 0 Å². The van der Waals surface area contributed by atoms with Crippen LogP contribution in [0.3, 0.4) is 0 Å². The molecule has 0 bridgehead atoms. The molecule has 2 heterocycles. The monoisotopic (exact) mass is 186 g/mol. The standard InChI is InChI=1S/C10H6N2O2/c13-7-1-2-8(14)10(6-4-12-6)9(7)5-3-11-5/h1-4,13-14H/b9-5-,10-6+. The lowest BCUT2D eigenvalue weighted by atomic mass is 10.2. The van der Waals surface area contributed by atoms with Crippen LogP contribution in [0.5, 0.6) is 11.5 Å². The highest BCUT2D eigenvalue weighted by atomic mass is 16.3. The molecule has 0 aromatic heterocycles. The van der Waals surface area contributed by atoms with E-state index in [0.29, 0.717) is 21.8 Å². The Bertz CT molecular complexity index is 541. The molecular formula is C10H6N2O2. The quantitative estimate of drug-likeness (QED) is 0.535. The van der Waals surface area contributed by atoms with Crippen LogP contribution in [0.15, 0.2) is 22.1 Å². The van der Waals surface area contributed by atoms with E-state index in [1.807, 2.05) is 0 Å². The predicted octanol–water partition coefficient (Wildman–Crippen LogP) is -0.517. The van der Waals surface area contributed by atoms with Gasteiger partial charge in [0.1, 0.15) is 11.5 Å². The van der Waals surface area contributed by atoms with E-state index >= 15 is 0 Å². The second kappa shape index (κ2) is 2.23. The van der Waals surface area contributed by atoms with Crippen molar-refractivity contribution in [3.8, 4) is 11.5 Å². The van der Waals surface area contributed by atoms with E-state index in [4.69, 9.17) is 0 Å². The van der Waals surface area contributed by atoms with Gasteiger partial charge in [-0.1, -0.05) is 0 Å². The maximum absolute atomic E-state index is 9.62. The SMILES string of the molecule is Oc1ccc(O)c(=C2C=N\2)/c1=C1C=N\1. The van der Waals surface area contributed by atoms with E-state index in [2.05, 4.69) is 9.98 Å². The summed E-state index contributed by atoms with van der Waals surface area (Å²) in [6, 6.07) is 2.90. The zero-order valence-electron chi connectivity index (χ0n) is 7.10. The maximum Gasteiger partial charge on any atom is 0.125 e. The molecule has 4 nitrogen and oxygen atoms in total. The normalized spacial score (nSPS) is 24.0. The molecule has 4 heteroatoms. The Balaban J connectivity index is 2.54. The van der Waals surface area contributed by atoms with E-state index < -0.39 is 0 Å². The first kappa shape index (κ1) is 7.32. The minimum atomic E-state index is 0.119. The molecule has 68 valence electrons. The molecule has 0 spiro atoms. The molecule has 0 unspecified atom stereocenters. The Morgan fingerprint density at radius 1 is 0.786 bits per heavy atom. The van der Waals surface area contributed by atoms with Crippen molar-refractivity contribution in [3.05, 3.63) is 22.6 Å². The summed E-state index contributed by atoms with van der Waals surface area (Å²) in [6.45, 7) is 0. The maximum atomic E-state index is 9.62. The first-order valence-corrected chi connectivity index (χ1v) is 4.15. The third-order valence-corrected chi connectivity index (χ3v) is 2.19. The Morgan fingerprint density at radius 3 is 1.43 bits per heavy atom. The summed E-state index contributed by atoms with van der Waals surface area (Å²) in [7, 11) is 0. The van der Waals surface area contributed by atoms with Crippen LogP contribution in [0, 0.1) is 0 Å². The van der Waals surface area contributed by atoms with E-state index in [1.165, 1.54) is 12.1 Å². The largest absolute Gasteiger partial charge is 0.507 e. The summed E-state index contributed by atoms with van der Waals surface area (Å²) in [5.41, 5.74) is 1.41. The molecule has 2 N–H and O–H groups in total. The van der Waals surface area contributed by atoms with Crippen molar-refractivity contribution < 1.29 is 10.2 Å². The summed E-state index contributed by atoms with van der Waals surface area (Å²) in [5.74, 6) is 0.238. The highest BCUT2D eigenvalue weighted by Crippen LogP contribution is 2.14. The summed E-state index contributed by atoms with van der Waals surface area (Å²) >= 11 is 0. The zero-order chi connectivity index (χ0) is 9.71. The fourth-order valence-electron chi connectivity index (χ4n) is 1.42. The fraction of sp³-hybridized carbons (Fsp3) is 0. The lowest BCUT2D eigenvalue weighted by Crippen LogP contribution is -2.26. The van der Waals surface area contributed by atoms with E-state index in [1.54, 1.807) is 12.4 Å². The second-order valence-corrected chi connectivity index (χ2v) is 3.14. The van der Waals surface area contributed by atoms with Crippen LogP contribution in [0.1, 0.15) is 0 Å². The number of hydrogen-bond acceptors (Lipinski definition) is 4. The zero-order valence-corrected chi connectivity index (χ0v) is 7.10. The average molecular weight is 186 g/mol. The molecule has 0 amide bonds. The number of aromatic hydroxyl groups is 2. The molecule has 0 fully saturated rings. The molecule has 14 heavy (non-hydrogen) atoms. The lowest BCUT2D eigenvalue weighted by Gasteiger charge is -1.96. The van der Waals surface area contributed by atoms with Crippen LogP contribution >= 0.6 is 0 Å². The second-order valence-electron chi connectivity index (χ2n) is 3.14. The smallest absolute Gasteiger partial charge is 0.125 e. The Kier molecular flexibility index (Phi) is 1.16. The number of hydrogen-bond donors (Lipinski definition) is 2. The number of rotatable bonds is 0. The number of phenolic OH excluding ortho intramolecular Hbond substituents is 2. The van der Waals surface area contributed by atoms with Crippen molar-refractivity contribution in [2.45, 2.75) is 0 Å². The Morgan fingerprint density at radius 2 is 1.14 bits per heavy atom. The van der Waals surface area contributed by atoms with Gasteiger partial charge in [0, 0.05) is 0 Å². The van der Waals surface area contributed by atoms with Gasteiger partial charge in [0.05, 0.1) is 34.3 Å². The Hall–Kier alpha value is -2.10. The van der Waals surface area contributed by atoms with Gasteiger partial charge >= 0.3 is 0 Å². The van der Waals surface area contributed by atoms with Crippen molar-refractivity contribution in [2.24, 2.45) is 9.98 Å². The van der Waals surface area contributed by atoms with Gasteiger partial charge in [0.15, 0.2) is 0 Å². The number of phenols is 2. The predicted molar refractivity (Wildman–Crippen MR) is 52.8 cm³/mol. The molecule has 2 aliphatic heterocycles. The first-order chi connectivity index (χ1) is 6.77. The van der Waals surface area contributed by atoms with Gasteiger partial charge in [-0.3, -0.25) is 9.98 Å². The molecular weight excluding hydrogens is 180 g/mol. The van der Waals surface area contributed by atoms with Gasteiger partial charge in [-0.2, -0.15) is 0 Å². The number of aliphatic imine (C=N–C) groups is 2. The molecule has 0 atom stereocenters. The van der Waals surface area contributed by atoms with Gasteiger partial charge < -0.3 is 10.2 Å². The third kappa shape index (κ3) is 0.939. The molecule has 1 aromatic carbocycles. The van der Waals surface area contributed by atoms with E-state index in [9.17, 15) is 10.2 Å². The van der Waals surface area contributed by atoms with Crippen LogP contribution in [0.25, 0.3) is 11.4 Å². The van der Waals surface area contributed by atoms with E-state index in [-0.39, 0.29) is 11.5 Å². The number of benzene rings is 1. The number of nitrogens with zero attached hydrogens (tertiary/aromatic N) is 2. The fourth-order valence-corrected chi connectivity index (χ4v) is 1.42. The van der Waals surface area contributed by atoms with Crippen molar-refractivity contribution >= 4 is 23.8 Å². The molecule has 2 aliphatic rings. The average Bonchev–Trinajstić information content (AvgIpc) is 3.02. The van der Waals surface area contributed by atoms with Crippen LogP contribution < -0.4 is 10.4 Å². The van der Waals surface area contributed by atoms with Crippen molar-refractivity contribution in [1.29, 1.82) is 0 Å². The van der Waals surface area contributed by atoms with Crippen molar-refractivity contribution in [2.75, 3.05) is 0 Å². The lowest BCUT2D eigenvalue weighted by molar-refractivity contribution is 0.452. The van der Waals surface area contributed by atoms with Crippen molar-refractivity contribution in [3.63, 3.8) is 0 Å². The Labute approximate surface area is 78.9 Å². The van der Waals surface area contributed by atoms with Gasteiger partial charge in [-0.05, 0) is 12.1 Å². The van der Waals surface area contributed by atoms with Gasteiger partial charge in [-0.25, -0.2) is 0 Å². The minimum absolute atomic E-state index is 0.119. The van der Waals surface area contributed by atoms with Crippen LogP contribution in [-0.4, -0.2) is 22.6 Å². The highest BCUT2D eigenvalue weighted by Gasteiger charge is 2.15. The van der Waals surface area contributed by atoms with Crippen LogP contribution in [0.4, 0.5) is 0 Å². The summed E-state index contributed by atoms with van der Waals surface area (Å²) in [6.07, 6.45) is 3.28. The minimum Gasteiger partial charge on any atom is -0.507 e. The first-order valence-electron chi connectivity index (χ1n) is 4.15. The molecule has 1 aromatic rings. The summed E-state index contributed by atoms with van der Waals surface area (Å²) in [4.78, 5) is 7.79. The molecule has 0 aliphatic carbocycles. The van der Waals surface area contributed by atoms with Crippen molar-refractivity contribution in [1.82, 2.24) is 0 Å². The molecule has 3 rings (SSSR count). The van der Waals surface area contributed by atoms with Crippen LogP contribution in [0.2, 0.25) is 0 Å². The van der Waals surface area contributed by atoms with Gasteiger partial charge in [-0.15, -0.1) is 0 Å².